The molecule has 2 unspecified atom stereocenters. The third-order valence-corrected chi connectivity index (χ3v) is 5.27. The number of carbonyl (C=O) groups is 2. The number of benzene rings is 2. The van der Waals surface area contributed by atoms with Crippen LogP contribution in [0.4, 0.5) is 0 Å². The van der Waals surface area contributed by atoms with Gasteiger partial charge < -0.3 is 31.5 Å². The summed E-state index contributed by atoms with van der Waals surface area (Å²) in [4.78, 5) is 23.9. The zero-order valence-corrected chi connectivity index (χ0v) is 19.7. The fraction of sp³-hybridized carbons (Fsp3) is 0.440. The fourth-order valence-electron chi connectivity index (χ4n) is 2.33. The number of Topliss-reactive ketones (excluding diaryl/α,β-unsaturated/α-hetero) is 1. The molecule has 0 saturated carbocycles. The number of aliphatic hydroxyl groups is 1. The molecule has 2 rings (SSSR count). The largest absolute Gasteiger partial charge is 0.508 e. The molecular weight excluding hydrogens is 424 g/mol. The topological polar surface area (TPSA) is 156 Å². The highest BCUT2D eigenvalue weighted by Crippen LogP contribution is 2.13. The van der Waals surface area contributed by atoms with E-state index < -0.39 is 36.0 Å². The van der Waals surface area contributed by atoms with Crippen LogP contribution in [0.1, 0.15) is 38.8 Å². The number of nitrogens with two attached hydrogens (primary N) is 2. The lowest BCUT2D eigenvalue weighted by Crippen LogP contribution is -2.39. The molecule has 2 aromatic rings. The average Bonchev–Trinajstić information content (AvgIpc) is 2.74. The van der Waals surface area contributed by atoms with E-state index >= 15 is 0 Å². The van der Waals surface area contributed by atoms with E-state index in [0.29, 0.717) is 5.92 Å². The van der Waals surface area contributed by atoms with Gasteiger partial charge in [-0.05, 0) is 68.0 Å². The summed E-state index contributed by atoms with van der Waals surface area (Å²) in [7, 11) is 0. The van der Waals surface area contributed by atoms with Gasteiger partial charge in [-0.15, -0.1) is 0 Å². The lowest BCUT2D eigenvalue weighted by molar-refractivity contribution is -0.149. The van der Waals surface area contributed by atoms with Crippen molar-refractivity contribution in [2.75, 3.05) is 6.61 Å². The maximum absolute atomic E-state index is 12.0. The van der Waals surface area contributed by atoms with Crippen molar-refractivity contribution in [3.8, 4) is 11.5 Å². The minimum Gasteiger partial charge on any atom is -0.508 e. The number of hydrogen-bond donors (Lipinski definition) is 5. The van der Waals surface area contributed by atoms with Gasteiger partial charge in [-0.2, -0.15) is 0 Å². The van der Waals surface area contributed by atoms with Crippen LogP contribution in [-0.2, 0) is 27.2 Å². The Kier molecular flexibility index (Phi) is 11.0. The highest BCUT2D eigenvalue weighted by Gasteiger charge is 2.20. The summed E-state index contributed by atoms with van der Waals surface area (Å²) in [6.07, 6.45) is 0.503. The van der Waals surface area contributed by atoms with Crippen molar-refractivity contribution in [2.24, 2.45) is 17.4 Å². The summed E-state index contributed by atoms with van der Waals surface area (Å²) in [6, 6.07) is 10.9. The summed E-state index contributed by atoms with van der Waals surface area (Å²) in [6.45, 7) is 7.19. The van der Waals surface area contributed by atoms with E-state index in [1.807, 2.05) is 27.7 Å². The summed E-state index contributed by atoms with van der Waals surface area (Å²) in [5, 5.41) is 27.6. The van der Waals surface area contributed by atoms with Gasteiger partial charge in [0.25, 0.3) is 0 Å². The SMILES string of the molecule is CC(C)C(C)(C)O.NC(Cc1ccc(O)cc1)C(=O)COC(=O)C(N)Cc1ccc(O)cc1. The third-order valence-electron chi connectivity index (χ3n) is 5.27. The number of ether oxygens (including phenoxy) is 1. The molecule has 0 fully saturated rings. The Labute approximate surface area is 195 Å². The first kappa shape index (κ1) is 28.1. The predicted octanol–water partition coefficient (Wildman–Crippen LogP) is 2.06. The minimum absolute atomic E-state index is 0.123. The maximum atomic E-state index is 12.0. The van der Waals surface area contributed by atoms with E-state index in [4.69, 9.17) is 21.3 Å². The molecule has 0 saturated heterocycles. The lowest BCUT2D eigenvalue weighted by atomic mass is 9.95. The molecule has 0 aliphatic heterocycles. The van der Waals surface area contributed by atoms with E-state index in [9.17, 15) is 19.8 Å². The Bertz CT molecular complexity index is 808. The minimum atomic E-state index is -0.916. The van der Waals surface area contributed by atoms with Gasteiger partial charge in [0.1, 0.15) is 17.5 Å². The van der Waals surface area contributed by atoms with Crippen LogP contribution in [-0.4, -0.2) is 51.4 Å². The molecule has 0 heterocycles. The van der Waals surface area contributed by atoms with Crippen LogP contribution in [0, 0.1) is 5.92 Å². The number of phenolic OH excluding ortho intramolecular Hbond substituents is 2. The normalized spacial score (nSPS) is 13.0. The first-order valence-corrected chi connectivity index (χ1v) is 10.8. The molecule has 182 valence electrons. The van der Waals surface area contributed by atoms with E-state index in [1.54, 1.807) is 24.3 Å². The van der Waals surface area contributed by atoms with E-state index in [0.717, 1.165) is 11.1 Å². The summed E-state index contributed by atoms with van der Waals surface area (Å²) < 4.78 is 4.96. The lowest BCUT2D eigenvalue weighted by Gasteiger charge is -2.21. The first-order chi connectivity index (χ1) is 15.3. The summed E-state index contributed by atoms with van der Waals surface area (Å²) in [5.41, 5.74) is 12.7. The first-order valence-electron chi connectivity index (χ1n) is 10.8. The van der Waals surface area contributed by atoms with Crippen LogP contribution in [0.25, 0.3) is 0 Å². The molecule has 0 bridgehead atoms. The van der Waals surface area contributed by atoms with Crippen molar-refractivity contribution in [2.45, 2.75) is 58.2 Å². The zero-order valence-electron chi connectivity index (χ0n) is 19.7. The maximum Gasteiger partial charge on any atom is 0.323 e. The molecule has 33 heavy (non-hydrogen) atoms. The zero-order chi connectivity index (χ0) is 25.2. The Hall–Kier alpha value is -2.94. The van der Waals surface area contributed by atoms with Crippen molar-refractivity contribution in [3.05, 3.63) is 59.7 Å². The number of hydrogen-bond acceptors (Lipinski definition) is 8. The van der Waals surface area contributed by atoms with Gasteiger partial charge in [-0.25, -0.2) is 0 Å². The second-order valence-electron chi connectivity index (χ2n) is 8.84. The third kappa shape index (κ3) is 11.0. The molecule has 8 heteroatoms. The molecule has 8 nitrogen and oxygen atoms in total. The second kappa shape index (κ2) is 12.9. The fourth-order valence-corrected chi connectivity index (χ4v) is 2.33. The number of rotatable bonds is 9. The van der Waals surface area contributed by atoms with E-state index in [1.165, 1.54) is 24.3 Å². The molecule has 0 aliphatic carbocycles. The van der Waals surface area contributed by atoms with Crippen LogP contribution < -0.4 is 11.5 Å². The molecule has 7 N–H and O–H groups in total. The molecule has 0 spiro atoms. The quantitative estimate of drug-likeness (QED) is 0.356. The number of ketones is 1. The van der Waals surface area contributed by atoms with Gasteiger partial charge in [0.15, 0.2) is 12.4 Å². The van der Waals surface area contributed by atoms with Crippen LogP contribution in [0.3, 0.4) is 0 Å². The van der Waals surface area contributed by atoms with Crippen molar-refractivity contribution >= 4 is 11.8 Å². The van der Waals surface area contributed by atoms with Crippen LogP contribution >= 0.6 is 0 Å². The van der Waals surface area contributed by atoms with Gasteiger partial charge in [0.05, 0.1) is 11.6 Å². The highest BCUT2D eigenvalue weighted by molar-refractivity contribution is 5.87. The van der Waals surface area contributed by atoms with Crippen molar-refractivity contribution in [1.82, 2.24) is 0 Å². The van der Waals surface area contributed by atoms with Crippen molar-refractivity contribution in [1.29, 1.82) is 0 Å². The number of aromatic hydroxyl groups is 2. The van der Waals surface area contributed by atoms with Gasteiger partial charge in [0, 0.05) is 0 Å². The van der Waals surface area contributed by atoms with Gasteiger partial charge >= 0.3 is 5.97 Å². The molecule has 0 aliphatic rings. The summed E-state index contributed by atoms with van der Waals surface area (Å²) >= 11 is 0. The Morgan fingerprint density at radius 1 is 0.848 bits per heavy atom. The number of carbonyl (C=O) groups excluding carboxylic acids is 2. The Morgan fingerprint density at radius 3 is 1.58 bits per heavy atom. The molecule has 0 amide bonds. The van der Waals surface area contributed by atoms with Gasteiger partial charge in [0.2, 0.25) is 0 Å². The number of esters is 1. The van der Waals surface area contributed by atoms with Crippen LogP contribution in [0.2, 0.25) is 0 Å². The predicted molar refractivity (Wildman–Crippen MR) is 127 cm³/mol. The Morgan fingerprint density at radius 2 is 1.21 bits per heavy atom. The van der Waals surface area contributed by atoms with Crippen molar-refractivity contribution in [3.63, 3.8) is 0 Å². The highest BCUT2D eigenvalue weighted by atomic mass is 16.5. The molecule has 2 atom stereocenters. The monoisotopic (exact) mass is 460 g/mol. The number of phenols is 2. The standard InChI is InChI=1S/C19H22N2O5.C6H14O/c20-16(9-12-1-5-14(22)6-2-12)18(24)11-26-19(25)17(21)10-13-3-7-15(23)8-4-13;1-5(2)6(3,4)7/h1-8,16-17,22-23H,9-11,20-21H2;5,7H,1-4H3. The smallest absolute Gasteiger partial charge is 0.323 e. The average molecular weight is 461 g/mol. The summed E-state index contributed by atoms with van der Waals surface area (Å²) in [5.74, 6) is -0.498. The van der Waals surface area contributed by atoms with Gasteiger partial charge in [-0.1, -0.05) is 38.1 Å². The Balaban J connectivity index is 0.000000675. The molecule has 2 aromatic carbocycles. The van der Waals surface area contributed by atoms with Crippen LogP contribution in [0.15, 0.2) is 48.5 Å². The van der Waals surface area contributed by atoms with Crippen molar-refractivity contribution < 1.29 is 29.6 Å². The molecule has 0 radical (unpaired) electrons. The second-order valence-corrected chi connectivity index (χ2v) is 8.84. The molecule has 0 aromatic heterocycles. The van der Waals surface area contributed by atoms with E-state index in [2.05, 4.69) is 0 Å². The molecular formula is C25H36N2O6. The van der Waals surface area contributed by atoms with Crippen LogP contribution in [0.5, 0.6) is 11.5 Å². The van der Waals surface area contributed by atoms with E-state index in [-0.39, 0.29) is 24.3 Å². The van der Waals surface area contributed by atoms with Gasteiger partial charge in [-0.3, -0.25) is 9.59 Å².